The molecule has 1 saturated heterocycles. The lowest BCUT2D eigenvalue weighted by Gasteiger charge is -2.32. The van der Waals surface area contributed by atoms with E-state index in [2.05, 4.69) is 9.97 Å². The molecule has 1 amide bonds. The average molecular weight is 457 g/mol. The van der Waals surface area contributed by atoms with Crippen molar-refractivity contribution in [2.24, 2.45) is 5.92 Å². The lowest BCUT2D eigenvalue weighted by atomic mass is 9.89. The molecule has 3 heterocycles. The molecule has 2 N–H and O–H groups in total. The molecular formula is C24H29ClN4O3. The van der Waals surface area contributed by atoms with Gasteiger partial charge in [-0.05, 0) is 50.2 Å². The Kier molecular flexibility index (Phi) is 5.95. The number of halogens is 1. The zero-order chi connectivity index (χ0) is 22.2. The van der Waals surface area contributed by atoms with E-state index in [1.807, 2.05) is 9.30 Å². The van der Waals surface area contributed by atoms with Gasteiger partial charge in [0.1, 0.15) is 11.3 Å². The number of piperidine rings is 1. The third-order valence-corrected chi connectivity index (χ3v) is 7.55. The van der Waals surface area contributed by atoms with Crippen LogP contribution < -0.4 is 5.56 Å². The van der Waals surface area contributed by atoms with Crippen LogP contribution in [0.2, 0.25) is 5.02 Å². The van der Waals surface area contributed by atoms with Crippen molar-refractivity contribution in [3.63, 3.8) is 0 Å². The van der Waals surface area contributed by atoms with Gasteiger partial charge in [0.25, 0.3) is 11.5 Å². The van der Waals surface area contributed by atoms with Crippen LogP contribution in [-0.2, 0) is 0 Å². The van der Waals surface area contributed by atoms with Gasteiger partial charge in [0, 0.05) is 25.6 Å². The molecule has 7 nitrogen and oxygen atoms in total. The minimum absolute atomic E-state index is 0.113. The van der Waals surface area contributed by atoms with E-state index >= 15 is 0 Å². The summed E-state index contributed by atoms with van der Waals surface area (Å²) in [6.45, 7) is 1.50. The van der Waals surface area contributed by atoms with Crippen molar-refractivity contribution in [1.29, 1.82) is 0 Å². The molecule has 1 aromatic carbocycles. The molecule has 1 aliphatic heterocycles. The second kappa shape index (κ2) is 8.87. The maximum Gasteiger partial charge on any atom is 0.274 e. The first kappa shape index (κ1) is 21.5. The minimum Gasteiger partial charge on any atom is -0.396 e. The highest BCUT2D eigenvalue weighted by atomic mass is 35.5. The molecule has 170 valence electrons. The van der Waals surface area contributed by atoms with E-state index < -0.39 is 0 Å². The lowest BCUT2D eigenvalue weighted by molar-refractivity contribution is 0.0678. The quantitative estimate of drug-likeness (QED) is 0.618. The molecule has 3 aromatic rings. The van der Waals surface area contributed by atoms with Crippen molar-refractivity contribution in [2.75, 3.05) is 19.7 Å². The Labute approximate surface area is 191 Å². The summed E-state index contributed by atoms with van der Waals surface area (Å²) in [5.74, 6) is 1.59. The topological polar surface area (TPSA) is 90.7 Å². The summed E-state index contributed by atoms with van der Waals surface area (Å²) in [7, 11) is 0. The Hall–Kier alpha value is -2.38. The summed E-state index contributed by atoms with van der Waals surface area (Å²) >= 11 is 6.63. The van der Waals surface area contributed by atoms with E-state index in [9.17, 15) is 9.59 Å². The molecule has 32 heavy (non-hydrogen) atoms. The zero-order valence-electron chi connectivity index (χ0n) is 18.1. The van der Waals surface area contributed by atoms with Gasteiger partial charge in [0.05, 0.1) is 27.8 Å². The number of rotatable bonds is 4. The van der Waals surface area contributed by atoms with E-state index in [0.29, 0.717) is 46.5 Å². The predicted molar refractivity (Wildman–Crippen MR) is 124 cm³/mol. The van der Waals surface area contributed by atoms with Crippen LogP contribution >= 0.6 is 11.6 Å². The van der Waals surface area contributed by atoms with Crippen LogP contribution in [-0.4, -0.2) is 50.0 Å². The molecule has 1 saturated carbocycles. The molecule has 0 radical (unpaired) electrons. The molecule has 0 bridgehead atoms. The number of benzene rings is 1. The summed E-state index contributed by atoms with van der Waals surface area (Å²) in [4.78, 5) is 35.4. The Morgan fingerprint density at radius 3 is 2.59 bits per heavy atom. The van der Waals surface area contributed by atoms with Gasteiger partial charge in [0.2, 0.25) is 0 Å². The molecule has 5 rings (SSSR count). The fourth-order valence-corrected chi connectivity index (χ4v) is 5.64. The standard InChI is InChI=1S/C24H29ClN4O3/c25-18-13-20-19(12-17(18)24(32)28-9-6-15(7-10-28)8-11-30)27-23(31)21-14-26-22(29(20)21)16-4-2-1-3-5-16/h12-16,30H,1-11H2,(H,27,31). The number of likely N-dealkylation sites (tertiary alicyclic amines) is 1. The lowest BCUT2D eigenvalue weighted by Crippen LogP contribution is -2.38. The molecule has 2 aromatic heterocycles. The van der Waals surface area contributed by atoms with Crippen LogP contribution in [0.15, 0.2) is 23.1 Å². The normalized spacial score (nSPS) is 18.6. The number of hydrogen-bond donors (Lipinski definition) is 2. The molecular weight excluding hydrogens is 428 g/mol. The molecule has 8 heteroatoms. The Morgan fingerprint density at radius 1 is 1.12 bits per heavy atom. The molecule has 2 fully saturated rings. The zero-order valence-corrected chi connectivity index (χ0v) is 18.9. The average Bonchev–Trinajstić information content (AvgIpc) is 3.26. The number of carbonyl (C=O) groups excluding carboxylic acids is 1. The van der Waals surface area contributed by atoms with Gasteiger partial charge in [-0.15, -0.1) is 0 Å². The van der Waals surface area contributed by atoms with Crippen molar-refractivity contribution in [1.82, 2.24) is 19.3 Å². The number of H-pyrrole nitrogens is 1. The van der Waals surface area contributed by atoms with E-state index in [-0.39, 0.29) is 18.1 Å². The first-order valence-corrected chi connectivity index (χ1v) is 12.1. The summed E-state index contributed by atoms with van der Waals surface area (Å²) in [6.07, 6.45) is 9.94. The number of aliphatic hydroxyl groups is 1. The van der Waals surface area contributed by atoms with Gasteiger partial charge < -0.3 is 15.0 Å². The molecule has 0 spiro atoms. The summed E-state index contributed by atoms with van der Waals surface area (Å²) < 4.78 is 1.94. The number of amides is 1. The number of aromatic amines is 1. The molecule has 0 unspecified atom stereocenters. The third-order valence-electron chi connectivity index (χ3n) is 7.24. The van der Waals surface area contributed by atoms with Gasteiger partial charge in [-0.1, -0.05) is 30.9 Å². The third kappa shape index (κ3) is 3.82. The van der Waals surface area contributed by atoms with Crippen LogP contribution in [0.5, 0.6) is 0 Å². The number of aliphatic hydroxyl groups excluding tert-OH is 1. The predicted octanol–water partition coefficient (Wildman–Crippen LogP) is 4.11. The Morgan fingerprint density at radius 2 is 1.88 bits per heavy atom. The highest BCUT2D eigenvalue weighted by molar-refractivity contribution is 6.34. The number of fused-ring (bicyclic) bond motifs is 3. The van der Waals surface area contributed by atoms with Crippen molar-refractivity contribution in [3.8, 4) is 0 Å². The number of aromatic nitrogens is 3. The highest BCUT2D eigenvalue weighted by Gasteiger charge is 2.26. The van der Waals surface area contributed by atoms with E-state index in [1.165, 1.54) is 19.3 Å². The number of hydrogen-bond acceptors (Lipinski definition) is 4. The van der Waals surface area contributed by atoms with Crippen LogP contribution in [0.4, 0.5) is 0 Å². The molecule has 0 atom stereocenters. The Balaban J connectivity index is 1.53. The molecule has 2 aliphatic rings. The molecule has 1 aliphatic carbocycles. The monoisotopic (exact) mass is 456 g/mol. The van der Waals surface area contributed by atoms with Crippen molar-refractivity contribution >= 4 is 34.1 Å². The largest absolute Gasteiger partial charge is 0.396 e. The summed E-state index contributed by atoms with van der Waals surface area (Å²) in [6, 6.07) is 3.50. The van der Waals surface area contributed by atoms with E-state index in [4.69, 9.17) is 16.7 Å². The van der Waals surface area contributed by atoms with E-state index in [1.54, 1.807) is 18.3 Å². The fraction of sp³-hybridized carbons (Fsp3) is 0.542. The Bertz CT molecular complexity index is 1200. The second-order valence-electron chi connectivity index (χ2n) is 9.22. The van der Waals surface area contributed by atoms with Crippen molar-refractivity contribution in [3.05, 3.63) is 45.1 Å². The number of carbonyl (C=O) groups is 1. The van der Waals surface area contributed by atoms with Crippen LogP contribution in [0.25, 0.3) is 16.6 Å². The van der Waals surface area contributed by atoms with Gasteiger partial charge in [-0.25, -0.2) is 4.98 Å². The number of nitrogens with zero attached hydrogens (tertiary/aromatic N) is 3. The van der Waals surface area contributed by atoms with E-state index in [0.717, 1.165) is 43.4 Å². The van der Waals surface area contributed by atoms with Crippen LogP contribution in [0.1, 0.15) is 73.5 Å². The summed E-state index contributed by atoms with van der Waals surface area (Å²) in [5, 5.41) is 9.55. The highest BCUT2D eigenvalue weighted by Crippen LogP contribution is 2.34. The SMILES string of the molecule is O=C(c1cc2[nH]c(=O)c3cnc(C4CCCCC4)n3c2cc1Cl)N1CCC(CCO)CC1. The number of nitrogens with one attached hydrogen (secondary N) is 1. The number of imidazole rings is 1. The maximum absolute atomic E-state index is 13.2. The van der Waals surface area contributed by atoms with Crippen molar-refractivity contribution in [2.45, 2.75) is 57.3 Å². The first-order valence-electron chi connectivity index (χ1n) is 11.7. The maximum atomic E-state index is 13.2. The summed E-state index contributed by atoms with van der Waals surface area (Å²) in [5.41, 5.74) is 2.09. The van der Waals surface area contributed by atoms with Crippen LogP contribution in [0.3, 0.4) is 0 Å². The first-order chi connectivity index (χ1) is 15.6. The van der Waals surface area contributed by atoms with Gasteiger partial charge in [-0.3, -0.25) is 14.0 Å². The van der Waals surface area contributed by atoms with Crippen molar-refractivity contribution < 1.29 is 9.90 Å². The second-order valence-corrected chi connectivity index (χ2v) is 9.63. The van der Waals surface area contributed by atoms with Crippen LogP contribution in [0, 0.1) is 5.92 Å². The van der Waals surface area contributed by atoms with Gasteiger partial charge in [-0.2, -0.15) is 0 Å². The van der Waals surface area contributed by atoms with Gasteiger partial charge >= 0.3 is 0 Å². The smallest absolute Gasteiger partial charge is 0.274 e. The minimum atomic E-state index is -0.211. The fourth-order valence-electron chi connectivity index (χ4n) is 5.40. The van der Waals surface area contributed by atoms with Gasteiger partial charge in [0.15, 0.2) is 0 Å².